The smallest absolute Gasteiger partial charge is 0.258 e. The number of nitrogens with one attached hydrogen (secondary N) is 1. The van der Waals surface area contributed by atoms with Gasteiger partial charge in [-0.15, -0.1) is 11.8 Å². The first kappa shape index (κ1) is 12.1. The highest BCUT2D eigenvalue weighted by atomic mass is 32.2. The molecule has 1 amide bonds. The van der Waals surface area contributed by atoms with Crippen LogP contribution in [-0.4, -0.2) is 12.2 Å². The Bertz CT molecular complexity index is 610. The van der Waals surface area contributed by atoms with E-state index in [0.29, 0.717) is 11.3 Å². The normalized spacial score (nSPS) is 17.3. The lowest BCUT2D eigenvalue weighted by Crippen LogP contribution is -2.36. The number of thioether (sulfide) groups is 1. The van der Waals surface area contributed by atoms with Crippen molar-refractivity contribution in [1.29, 1.82) is 0 Å². The summed E-state index contributed by atoms with van der Waals surface area (Å²) in [7, 11) is 0. The van der Waals surface area contributed by atoms with E-state index >= 15 is 0 Å². The Labute approximate surface area is 116 Å². The fraction of sp³-hybridized carbons (Fsp3) is 0.133. The summed E-state index contributed by atoms with van der Waals surface area (Å²) in [5.74, 6) is 0.533. The van der Waals surface area contributed by atoms with Gasteiger partial charge in [-0.3, -0.25) is 4.79 Å². The molecule has 0 fully saturated rings. The highest BCUT2D eigenvalue weighted by molar-refractivity contribution is 7.98. The Kier molecular flexibility index (Phi) is 3.17. The lowest BCUT2D eigenvalue weighted by Gasteiger charge is -2.27. The molecule has 4 heteroatoms. The quantitative estimate of drug-likeness (QED) is 0.852. The minimum absolute atomic E-state index is 0.0965. The van der Waals surface area contributed by atoms with E-state index in [2.05, 4.69) is 5.32 Å². The average molecular weight is 271 g/mol. The molecular weight excluding hydrogens is 258 g/mol. The Morgan fingerprint density at radius 1 is 1.11 bits per heavy atom. The number of carbonyl (C=O) groups excluding carboxylic acids is 1. The largest absolute Gasteiger partial charge is 0.466 e. The molecule has 0 saturated carbocycles. The van der Waals surface area contributed by atoms with Gasteiger partial charge in [0, 0.05) is 10.5 Å². The van der Waals surface area contributed by atoms with Crippen LogP contribution >= 0.6 is 11.8 Å². The van der Waals surface area contributed by atoms with Crippen LogP contribution in [0.3, 0.4) is 0 Å². The second-order valence-corrected chi connectivity index (χ2v) is 5.12. The fourth-order valence-electron chi connectivity index (χ4n) is 2.04. The minimum atomic E-state index is -0.418. The van der Waals surface area contributed by atoms with E-state index in [4.69, 9.17) is 4.74 Å². The van der Waals surface area contributed by atoms with Crippen molar-refractivity contribution in [2.75, 3.05) is 6.26 Å². The molecule has 2 aromatic carbocycles. The third-order valence-electron chi connectivity index (χ3n) is 3.06. The van der Waals surface area contributed by atoms with Crippen LogP contribution in [0.15, 0.2) is 53.4 Å². The van der Waals surface area contributed by atoms with Crippen LogP contribution in [0, 0.1) is 0 Å². The summed E-state index contributed by atoms with van der Waals surface area (Å²) in [5.41, 5.74) is 1.53. The van der Waals surface area contributed by atoms with Gasteiger partial charge in [0.2, 0.25) is 0 Å². The van der Waals surface area contributed by atoms with E-state index in [0.717, 1.165) is 5.56 Å². The van der Waals surface area contributed by atoms with Crippen LogP contribution in [-0.2, 0) is 0 Å². The summed E-state index contributed by atoms with van der Waals surface area (Å²) in [6.45, 7) is 0. The predicted molar refractivity (Wildman–Crippen MR) is 75.5 cm³/mol. The van der Waals surface area contributed by atoms with E-state index in [9.17, 15) is 4.79 Å². The molecule has 0 aliphatic carbocycles. The zero-order valence-electron chi connectivity index (χ0n) is 10.4. The first-order valence-electron chi connectivity index (χ1n) is 5.98. The van der Waals surface area contributed by atoms with Gasteiger partial charge in [-0.25, -0.2) is 0 Å². The molecule has 0 radical (unpaired) electrons. The molecule has 0 bridgehead atoms. The molecule has 19 heavy (non-hydrogen) atoms. The highest BCUT2D eigenvalue weighted by Gasteiger charge is 2.25. The zero-order chi connectivity index (χ0) is 13.2. The van der Waals surface area contributed by atoms with Crippen molar-refractivity contribution in [3.05, 3.63) is 59.7 Å². The van der Waals surface area contributed by atoms with Crippen molar-refractivity contribution in [2.45, 2.75) is 11.1 Å². The number of fused-ring (bicyclic) bond motifs is 1. The molecule has 0 spiro atoms. The zero-order valence-corrected chi connectivity index (χ0v) is 11.2. The van der Waals surface area contributed by atoms with Gasteiger partial charge < -0.3 is 10.1 Å². The van der Waals surface area contributed by atoms with Gasteiger partial charge >= 0.3 is 0 Å². The molecule has 1 aliphatic heterocycles. The molecular formula is C15H13NO2S. The number of amides is 1. The van der Waals surface area contributed by atoms with Crippen LogP contribution in [0.4, 0.5) is 0 Å². The van der Waals surface area contributed by atoms with Gasteiger partial charge in [0.15, 0.2) is 6.23 Å². The van der Waals surface area contributed by atoms with Gasteiger partial charge in [0.05, 0.1) is 5.56 Å². The molecule has 1 heterocycles. The lowest BCUT2D eigenvalue weighted by atomic mass is 10.1. The molecule has 0 saturated heterocycles. The van der Waals surface area contributed by atoms with E-state index < -0.39 is 6.23 Å². The molecule has 1 atom stereocenters. The molecule has 3 rings (SSSR count). The van der Waals surface area contributed by atoms with Crippen molar-refractivity contribution >= 4 is 17.7 Å². The van der Waals surface area contributed by atoms with Crippen molar-refractivity contribution < 1.29 is 9.53 Å². The maximum absolute atomic E-state index is 12.0. The minimum Gasteiger partial charge on any atom is -0.466 e. The first-order chi connectivity index (χ1) is 9.28. The number of hydrogen-bond acceptors (Lipinski definition) is 3. The van der Waals surface area contributed by atoms with E-state index in [1.807, 2.05) is 48.7 Å². The van der Waals surface area contributed by atoms with Crippen molar-refractivity contribution in [3.8, 4) is 5.75 Å². The second-order valence-electron chi connectivity index (χ2n) is 4.24. The Balaban J connectivity index is 1.90. The second kappa shape index (κ2) is 4.97. The summed E-state index contributed by atoms with van der Waals surface area (Å²) in [5, 5.41) is 2.86. The average Bonchev–Trinajstić information content (AvgIpc) is 2.47. The van der Waals surface area contributed by atoms with Crippen LogP contribution < -0.4 is 10.1 Å². The van der Waals surface area contributed by atoms with E-state index in [1.54, 1.807) is 17.8 Å². The Morgan fingerprint density at radius 3 is 2.58 bits per heavy atom. The molecule has 96 valence electrons. The van der Waals surface area contributed by atoms with Crippen LogP contribution in [0.25, 0.3) is 0 Å². The first-order valence-corrected chi connectivity index (χ1v) is 7.21. The van der Waals surface area contributed by atoms with Crippen molar-refractivity contribution in [1.82, 2.24) is 5.32 Å². The van der Waals surface area contributed by atoms with Crippen molar-refractivity contribution in [3.63, 3.8) is 0 Å². The number of carbonyl (C=O) groups is 1. The molecule has 3 nitrogen and oxygen atoms in total. The molecule has 1 aliphatic rings. The third-order valence-corrected chi connectivity index (χ3v) is 3.80. The fourth-order valence-corrected chi connectivity index (χ4v) is 2.45. The monoisotopic (exact) mass is 271 g/mol. The van der Waals surface area contributed by atoms with Crippen LogP contribution in [0.5, 0.6) is 5.75 Å². The van der Waals surface area contributed by atoms with Crippen LogP contribution in [0.2, 0.25) is 0 Å². The molecule has 0 unspecified atom stereocenters. The Morgan fingerprint density at radius 2 is 1.84 bits per heavy atom. The maximum Gasteiger partial charge on any atom is 0.258 e. The van der Waals surface area contributed by atoms with Gasteiger partial charge in [0.1, 0.15) is 5.75 Å². The highest BCUT2D eigenvalue weighted by Crippen LogP contribution is 2.29. The SMILES string of the molecule is CSc1ccc([C@@H]2NC(=O)c3ccccc3O2)cc1. The number of hydrogen-bond donors (Lipinski definition) is 1. The number of ether oxygens (including phenoxy) is 1. The Hall–Kier alpha value is -1.94. The number of rotatable bonds is 2. The maximum atomic E-state index is 12.0. The summed E-state index contributed by atoms with van der Waals surface area (Å²) in [4.78, 5) is 13.2. The van der Waals surface area contributed by atoms with Gasteiger partial charge in [-0.1, -0.05) is 24.3 Å². The summed E-state index contributed by atoms with van der Waals surface area (Å²) in [6, 6.07) is 15.3. The topological polar surface area (TPSA) is 38.3 Å². The molecule has 1 N–H and O–H groups in total. The van der Waals surface area contributed by atoms with Gasteiger partial charge in [0.25, 0.3) is 5.91 Å². The van der Waals surface area contributed by atoms with E-state index in [1.165, 1.54) is 4.90 Å². The summed E-state index contributed by atoms with van der Waals surface area (Å²) < 4.78 is 5.82. The predicted octanol–water partition coefficient (Wildman–Crippen LogP) is 3.23. The number of para-hydroxylation sites is 1. The van der Waals surface area contributed by atoms with Gasteiger partial charge in [-0.05, 0) is 30.5 Å². The van der Waals surface area contributed by atoms with Crippen LogP contribution in [0.1, 0.15) is 22.1 Å². The number of benzene rings is 2. The van der Waals surface area contributed by atoms with E-state index in [-0.39, 0.29) is 5.91 Å². The lowest BCUT2D eigenvalue weighted by molar-refractivity contribution is 0.0756. The summed E-state index contributed by atoms with van der Waals surface area (Å²) in [6.07, 6.45) is 1.61. The third kappa shape index (κ3) is 2.31. The molecule has 2 aromatic rings. The molecule has 0 aromatic heterocycles. The standard InChI is InChI=1S/C15H13NO2S/c1-19-11-8-6-10(7-9-11)15-16-14(17)12-4-2-3-5-13(12)18-15/h2-9,15H,1H3,(H,16,17)/t15-/m1/s1. The summed E-state index contributed by atoms with van der Waals surface area (Å²) >= 11 is 1.69. The van der Waals surface area contributed by atoms with Gasteiger partial charge in [-0.2, -0.15) is 0 Å². The van der Waals surface area contributed by atoms with Crippen molar-refractivity contribution in [2.24, 2.45) is 0 Å².